The van der Waals surface area contributed by atoms with Gasteiger partial charge in [0, 0.05) is 23.6 Å². The van der Waals surface area contributed by atoms with Gasteiger partial charge in [0.2, 0.25) is 0 Å². The molecule has 1 heterocycles. The number of H-pyrrole nitrogens is 1. The SMILES string of the molecule is O=C(NCc1ccccc1)Nc1c[nH]c2ccccc12. The largest absolute Gasteiger partial charge is 0.359 e. The molecule has 3 rings (SSSR count). The van der Waals surface area contributed by atoms with Crippen LogP contribution in [0, 0.1) is 0 Å². The maximum absolute atomic E-state index is 11.9. The number of nitrogens with one attached hydrogen (secondary N) is 3. The number of aromatic amines is 1. The first-order valence-corrected chi connectivity index (χ1v) is 6.48. The Balaban J connectivity index is 1.64. The van der Waals surface area contributed by atoms with Crippen LogP contribution >= 0.6 is 0 Å². The summed E-state index contributed by atoms with van der Waals surface area (Å²) in [6, 6.07) is 17.5. The Morgan fingerprint density at radius 3 is 2.60 bits per heavy atom. The van der Waals surface area contributed by atoms with E-state index in [-0.39, 0.29) is 6.03 Å². The van der Waals surface area contributed by atoms with Crippen LogP contribution in [0.2, 0.25) is 0 Å². The molecule has 0 unspecified atom stereocenters. The Bertz CT molecular complexity index is 719. The highest BCUT2D eigenvalue weighted by Crippen LogP contribution is 2.22. The van der Waals surface area contributed by atoms with Crippen LogP contribution in [0.3, 0.4) is 0 Å². The molecular weight excluding hydrogens is 250 g/mol. The van der Waals surface area contributed by atoms with Crippen molar-refractivity contribution in [3.05, 3.63) is 66.4 Å². The number of rotatable bonds is 3. The van der Waals surface area contributed by atoms with Gasteiger partial charge in [-0.15, -0.1) is 0 Å². The molecule has 0 spiro atoms. The molecule has 3 aromatic rings. The van der Waals surface area contributed by atoms with E-state index in [0.29, 0.717) is 6.54 Å². The van der Waals surface area contributed by atoms with Crippen LogP contribution in [-0.2, 0) is 6.54 Å². The van der Waals surface area contributed by atoms with Crippen molar-refractivity contribution < 1.29 is 4.79 Å². The molecule has 0 radical (unpaired) electrons. The Kier molecular flexibility index (Phi) is 3.37. The van der Waals surface area contributed by atoms with E-state index in [9.17, 15) is 4.79 Å². The van der Waals surface area contributed by atoms with E-state index < -0.39 is 0 Å². The first-order valence-electron chi connectivity index (χ1n) is 6.48. The number of para-hydroxylation sites is 1. The highest BCUT2D eigenvalue weighted by Gasteiger charge is 2.06. The van der Waals surface area contributed by atoms with E-state index in [4.69, 9.17) is 0 Å². The smallest absolute Gasteiger partial charge is 0.319 e. The Hall–Kier alpha value is -2.75. The molecule has 0 aliphatic heterocycles. The lowest BCUT2D eigenvalue weighted by Gasteiger charge is -2.06. The number of amides is 2. The molecule has 2 aromatic carbocycles. The summed E-state index contributed by atoms with van der Waals surface area (Å²) >= 11 is 0. The number of hydrogen-bond acceptors (Lipinski definition) is 1. The van der Waals surface area contributed by atoms with Gasteiger partial charge in [0.05, 0.1) is 5.69 Å². The number of fused-ring (bicyclic) bond motifs is 1. The summed E-state index contributed by atoms with van der Waals surface area (Å²) in [4.78, 5) is 15.0. The first kappa shape index (κ1) is 12.3. The van der Waals surface area contributed by atoms with Gasteiger partial charge in [0.25, 0.3) is 0 Å². The standard InChI is InChI=1S/C16H15N3O/c20-16(18-10-12-6-2-1-3-7-12)19-15-11-17-14-9-5-4-8-13(14)15/h1-9,11,17H,10H2,(H2,18,19,20). The minimum absolute atomic E-state index is 0.210. The Morgan fingerprint density at radius 1 is 1.00 bits per heavy atom. The van der Waals surface area contributed by atoms with Gasteiger partial charge >= 0.3 is 6.03 Å². The van der Waals surface area contributed by atoms with E-state index in [1.807, 2.05) is 54.6 Å². The molecule has 4 heteroatoms. The van der Waals surface area contributed by atoms with Crippen molar-refractivity contribution in [1.82, 2.24) is 10.3 Å². The summed E-state index contributed by atoms with van der Waals surface area (Å²) in [7, 11) is 0. The monoisotopic (exact) mass is 265 g/mol. The van der Waals surface area contributed by atoms with Crippen molar-refractivity contribution in [3.63, 3.8) is 0 Å². The van der Waals surface area contributed by atoms with Crippen LogP contribution in [0.25, 0.3) is 10.9 Å². The molecule has 4 nitrogen and oxygen atoms in total. The van der Waals surface area contributed by atoms with Crippen LogP contribution in [0.5, 0.6) is 0 Å². The molecule has 0 saturated carbocycles. The second kappa shape index (κ2) is 5.48. The van der Waals surface area contributed by atoms with Crippen molar-refractivity contribution in [2.75, 3.05) is 5.32 Å². The third-order valence-electron chi connectivity index (χ3n) is 3.13. The first-order chi connectivity index (χ1) is 9.83. The van der Waals surface area contributed by atoms with E-state index in [1.54, 1.807) is 6.20 Å². The van der Waals surface area contributed by atoms with Gasteiger partial charge in [-0.25, -0.2) is 4.79 Å². The van der Waals surface area contributed by atoms with Gasteiger partial charge in [-0.3, -0.25) is 0 Å². The molecule has 1 aromatic heterocycles. The van der Waals surface area contributed by atoms with E-state index >= 15 is 0 Å². The lowest BCUT2D eigenvalue weighted by atomic mass is 10.2. The summed E-state index contributed by atoms with van der Waals surface area (Å²) in [5, 5.41) is 6.69. The summed E-state index contributed by atoms with van der Waals surface area (Å²) in [5.74, 6) is 0. The molecule has 2 amide bonds. The molecule has 20 heavy (non-hydrogen) atoms. The van der Waals surface area contributed by atoms with Gasteiger partial charge < -0.3 is 15.6 Å². The average molecular weight is 265 g/mol. The maximum atomic E-state index is 11.9. The molecule has 0 aliphatic rings. The van der Waals surface area contributed by atoms with E-state index in [0.717, 1.165) is 22.2 Å². The number of urea groups is 1. The Labute approximate surface area is 116 Å². The van der Waals surface area contributed by atoms with Gasteiger partial charge in [0.15, 0.2) is 0 Å². The van der Waals surface area contributed by atoms with Gasteiger partial charge in [0.1, 0.15) is 0 Å². The zero-order chi connectivity index (χ0) is 13.8. The van der Waals surface area contributed by atoms with Gasteiger partial charge in [-0.05, 0) is 11.6 Å². The van der Waals surface area contributed by atoms with Crippen molar-refractivity contribution >= 4 is 22.6 Å². The molecule has 0 saturated heterocycles. The normalized spacial score (nSPS) is 10.4. The molecule has 3 N–H and O–H groups in total. The fourth-order valence-electron chi connectivity index (χ4n) is 2.12. The fraction of sp³-hybridized carbons (Fsp3) is 0.0625. The number of carbonyl (C=O) groups is 1. The van der Waals surface area contributed by atoms with Gasteiger partial charge in [-0.2, -0.15) is 0 Å². The number of benzene rings is 2. The van der Waals surface area contributed by atoms with Crippen LogP contribution < -0.4 is 10.6 Å². The van der Waals surface area contributed by atoms with Crippen LogP contribution in [0.4, 0.5) is 10.5 Å². The summed E-state index contributed by atoms with van der Waals surface area (Å²) in [6.07, 6.45) is 1.80. The van der Waals surface area contributed by atoms with Crippen molar-refractivity contribution in [3.8, 4) is 0 Å². The molecule has 0 aliphatic carbocycles. The van der Waals surface area contributed by atoms with E-state index in [2.05, 4.69) is 15.6 Å². The molecule has 100 valence electrons. The van der Waals surface area contributed by atoms with Crippen molar-refractivity contribution in [2.45, 2.75) is 6.54 Å². The molecular formula is C16H15N3O. The average Bonchev–Trinajstić information content (AvgIpc) is 2.90. The third-order valence-corrected chi connectivity index (χ3v) is 3.13. The molecule has 0 bridgehead atoms. The predicted molar refractivity (Wildman–Crippen MR) is 80.6 cm³/mol. The summed E-state index contributed by atoms with van der Waals surface area (Å²) in [6.45, 7) is 0.509. The molecule has 0 atom stereocenters. The molecule has 0 fully saturated rings. The Morgan fingerprint density at radius 2 is 1.75 bits per heavy atom. The fourth-order valence-corrected chi connectivity index (χ4v) is 2.12. The maximum Gasteiger partial charge on any atom is 0.319 e. The second-order valence-electron chi connectivity index (χ2n) is 4.54. The number of hydrogen-bond donors (Lipinski definition) is 3. The lowest BCUT2D eigenvalue weighted by molar-refractivity contribution is 0.252. The highest BCUT2D eigenvalue weighted by molar-refractivity contribution is 6.00. The minimum Gasteiger partial charge on any atom is -0.359 e. The van der Waals surface area contributed by atoms with Gasteiger partial charge in [-0.1, -0.05) is 48.5 Å². The summed E-state index contributed by atoms with van der Waals surface area (Å²) in [5.41, 5.74) is 2.86. The topological polar surface area (TPSA) is 56.9 Å². The third kappa shape index (κ3) is 2.64. The second-order valence-corrected chi connectivity index (χ2v) is 4.54. The minimum atomic E-state index is -0.210. The number of anilines is 1. The zero-order valence-electron chi connectivity index (χ0n) is 10.9. The highest BCUT2D eigenvalue weighted by atomic mass is 16.2. The zero-order valence-corrected chi connectivity index (χ0v) is 10.9. The number of carbonyl (C=O) groups excluding carboxylic acids is 1. The van der Waals surface area contributed by atoms with Crippen molar-refractivity contribution in [1.29, 1.82) is 0 Å². The quantitative estimate of drug-likeness (QED) is 0.667. The van der Waals surface area contributed by atoms with Crippen molar-refractivity contribution in [2.24, 2.45) is 0 Å². The predicted octanol–water partition coefficient (Wildman–Crippen LogP) is 3.49. The van der Waals surface area contributed by atoms with Crippen LogP contribution in [0.1, 0.15) is 5.56 Å². The lowest BCUT2D eigenvalue weighted by Crippen LogP contribution is -2.28. The van der Waals surface area contributed by atoms with Crippen LogP contribution in [0.15, 0.2) is 60.8 Å². The summed E-state index contributed by atoms with van der Waals surface area (Å²) < 4.78 is 0. The van der Waals surface area contributed by atoms with E-state index in [1.165, 1.54) is 0 Å². The number of aromatic nitrogens is 1. The van der Waals surface area contributed by atoms with Crippen LogP contribution in [-0.4, -0.2) is 11.0 Å².